The normalized spacial score (nSPS) is 11.2. The van der Waals surface area contributed by atoms with E-state index in [1.807, 2.05) is 31.2 Å². The number of sulfonamides is 1. The van der Waals surface area contributed by atoms with E-state index < -0.39 is 22.5 Å². The molecule has 0 fully saturated rings. The van der Waals surface area contributed by atoms with Gasteiger partial charge in [-0.25, -0.2) is 8.42 Å². The maximum Gasteiger partial charge on any atom is 0.264 e. The van der Waals surface area contributed by atoms with Crippen LogP contribution in [-0.2, 0) is 21.4 Å². The van der Waals surface area contributed by atoms with E-state index in [4.69, 9.17) is 23.2 Å². The quantitative estimate of drug-likeness (QED) is 0.547. The third-order valence-electron chi connectivity index (χ3n) is 4.53. The van der Waals surface area contributed by atoms with Crippen LogP contribution >= 0.6 is 23.2 Å². The van der Waals surface area contributed by atoms with E-state index in [1.54, 1.807) is 18.2 Å². The van der Waals surface area contributed by atoms with E-state index >= 15 is 0 Å². The van der Waals surface area contributed by atoms with Crippen LogP contribution in [0.25, 0.3) is 0 Å². The van der Waals surface area contributed by atoms with Crippen molar-refractivity contribution in [2.45, 2.75) is 18.4 Å². The van der Waals surface area contributed by atoms with Gasteiger partial charge in [0.2, 0.25) is 5.91 Å². The number of amides is 1. The summed E-state index contributed by atoms with van der Waals surface area (Å²) in [5.74, 6) is -0.455. The number of hydrogen-bond donors (Lipinski definition) is 1. The predicted molar refractivity (Wildman–Crippen MR) is 120 cm³/mol. The van der Waals surface area contributed by atoms with Gasteiger partial charge in [-0.05, 0) is 48.4 Å². The monoisotopic (exact) mass is 462 g/mol. The molecule has 1 N–H and O–H groups in total. The minimum Gasteiger partial charge on any atom is -0.350 e. The molecule has 30 heavy (non-hydrogen) atoms. The molecule has 0 saturated carbocycles. The lowest BCUT2D eigenvalue weighted by Gasteiger charge is -2.25. The van der Waals surface area contributed by atoms with Crippen molar-refractivity contribution in [1.82, 2.24) is 5.32 Å². The second-order valence-electron chi connectivity index (χ2n) is 6.62. The van der Waals surface area contributed by atoms with Crippen molar-refractivity contribution >= 4 is 44.8 Å². The molecule has 0 saturated heterocycles. The number of nitrogens with zero attached hydrogens (tertiary/aromatic N) is 1. The van der Waals surface area contributed by atoms with Crippen molar-refractivity contribution < 1.29 is 13.2 Å². The minimum absolute atomic E-state index is 0.0581. The van der Waals surface area contributed by atoms with E-state index in [9.17, 15) is 13.2 Å². The van der Waals surface area contributed by atoms with Crippen molar-refractivity contribution in [3.63, 3.8) is 0 Å². The van der Waals surface area contributed by atoms with E-state index in [-0.39, 0.29) is 15.6 Å². The molecule has 0 bridgehead atoms. The third kappa shape index (κ3) is 5.14. The molecule has 3 aromatic carbocycles. The van der Waals surface area contributed by atoms with E-state index in [1.165, 1.54) is 30.3 Å². The summed E-state index contributed by atoms with van der Waals surface area (Å²) in [6.07, 6.45) is 0. The molecule has 0 aromatic heterocycles. The van der Waals surface area contributed by atoms with Gasteiger partial charge < -0.3 is 5.32 Å². The van der Waals surface area contributed by atoms with Crippen LogP contribution in [-0.4, -0.2) is 20.9 Å². The van der Waals surface area contributed by atoms with Crippen LogP contribution in [0.15, 0.2) is 77.7 Å². The molecule has 8 heteroatoms. The fraction of sp³-hybridized carbons (Fsp3) is 0.136. The van der Waals surface area contributed by atoms with Crippen molar-refractivity contribution in [3.05, 3.63) is 94.0 Å². The molecule has 5 nitrogen and oxygen atoms in total. The van der Waals surface area contributed by atoms with Crippen LogP contribution in [0, 0.1) is 6.92 Å². The van der Waals surface area contributed by atoms with Crippen LogP contribution in [0.3, 0.4) is 0 Å². The van der Waals surface area contributed by atoms with Gasteiger partial charge in [0.15, 0.2) is 0 Å². The molecule has 0 radical (unpaired) electrons. The van der Waals surface area contributed by atoms with Gasteiger partial charge in [-0.1, -0.05) is 65.7 Å². The second-order valence-corrected chi connectivity index (χ2v) is 9.33. The number of rotatable bonds is 7. The number of anilines is 1. The third-order valence-corrected chi connectivity index (χ3v) is 6.85. The van der Waals surface area contributed by atoms with Crippen LogP contribution in [0.5, 0.6) is 0 Å². The Morgan fingerprint density at radius 1 is 0.967 bits per heavy atom. The van der Waals surface area contributed by atoms with Crippen LogP contribution in [0.4, 0.5) is 5.69 Å². The Balaban J connectivity index is 1.90. The summed E-state index contributed by atoms with van der Waals surface area (Å²) < 4.78 is 27.6. The van der Waals surface area contributed by atoms with E-state index in [2.05, 4.69) is 5.32 Å². The summed E-state index contributed by atoms with van der Waals surface area (Å²) in [6.45, 7) is 1.81. The Morgan fingerprint density at radius 2 is 1.63 bits per heavy atom. The minimum atomic E-state index is -4.03. The Bertz CT molecular complexity index is 1150. The molecule has 0 aliphatic carbocycles. The Hall–Kier alpha value is -2.54. The van der Waals surface area contributed by atoms with Gasteiger partial charge in [0, 0.05) is 11.6 Å². The molecule has 0 unspecified atom stereocenters. The van der Waals surface area contributed by atoms with Gasteiger partial charge in [-0.2, -0.15) is 0 Å². The lowest BCUT2D eigenvalue weighted by molar-refractivity contribution is -0.119. The predicted octanol–water partition coefficient (Wildman–Crippen LogP) is 4.81. The zero-order valence-corrected chi connectivity index (χ0v) is 18.5. The molecule has 0 heterocycles. The molecule has 3 rings (SSSR count). The summed E-state index contributed by atoms with van der Waals surface area (Å²) in [4.78, 5) is 12.7. The molecule has 1 amide bonds. The maximum absolute atomic E-state index is 13.3. The Kier molecular flexibility index (Phi) is 7.02. The van der Waals surface area contributed by atoms with Crippen molar-refractivity contribution in [2.75, 3.05) is 10.8 Å². The maximum atomic E-state index is 13.3. The topological polar surface area (TPSA) is 66.5 Å². The number of benzene rings is 3. The molecular formula is C22H20Cl2N2O3S. The van der Waals surface area contributed by atoms with Gasteiger partial charge >= 0.3 is 0 Å². The van der Waals surface area contributed by atoms with Crippen molar-refractivity contribution in [3.8, 4) is 0 Å². The first-order valence-electron chi connectivity index (χ1n) is 9.13. The van der Waals surface area contributed by atoms with Gasteiger partial charge in [0.05, 0.1) is 15.6 Å². The lowest BCUT2D eigenvalue weighted by atomic mass is 10.1. The standard InChI is InChI=1S/C22H20Cl2N2O3S/c1-16-7-5-6-8-17(16)14-25-22(27)15-26(21-12-11-18(23)13-20(21)24)30(28,29)19-9-3-2-4-10-19/h2-13H,14-15H2,1H3,(H,25,27). The fourth-order valence-corrected chi connectivity index (χ4v) is 4.91. The SMILES string of the molecule is Cc1ccccc1CNC(=O)CN(c1ccc(Cl)cc1Cl)S(=O)(=O)c1ccccc1. The first kappa shape index (κ1) is 22.2. The molecule has 0 atom stereocenters. The zero-order valence-electron chi connectivity index (χ0n) is 16.2. The summed E-state index contributed by atoms with van der Waals surface area (Å²) >= 11 is 12.2. The molecular weight excluding hydrogens is 443 g/mol. The summed E-state index contributed by atoms with van der Waals surface area (Å²) in [6, 6.07) is 20.0. The highest BCUT2D eigenvalue weighted by Gasteiger charge is 2.28. The van der Waals surface area contributed by atoms with Crippen LogP contribution in [0.2, 0.25) is 10.0 Å². The molecule has 0 aliphatic heterocycles. The molecule has 0 spiro atoms. The molecule has 156 valence electrons. The smallest absolute Gasteiger partial charge is 0.264 e. The highest BCUT2D eigenvalue weighted by atomic mass is 35.5. The highest BCUT2D eigenvalue weighted by Crippen LogP contribution is 2.32. The number of aryl methyl sites for hydroxylation is 1. The average Bonchev–Trinajstić information content (AvgIpc) is 2.72. The number of carbonyl (C=O) groups excluding carboxylic acids is 1. The lowest BCUT2D eigenvalue weighted by Crippen LogP contribution is -2.40. The number of nitrogens with one attached hydrogen (secondary N) is 1. The molecule has 3 aromatic rings. The largest absolute Gasteiger partial charge is 0.350 e. The van der Waals surface area contributed by atoms with E-state index in [0.717, 1.165) is 15.4 Å². The van der Waals surface area contributed by atoms with Gasteiger partial charge in [-0.15, -0.1) is 0 Å². The fourth-order valence-electron chi connectivity index (χ4n) is 2.89. The second kappa shape index (κ2) is 9.51. The Morgan fingerprint density at radius 3 is 2.30 bits per heavy atom. The molecule has 0 aliphatic rings. The van der Waals surface area contributed by atoms with Crippen LogP contribution < -0.4 is 9.62 Å². The van der Waals surface area contributed by atoms with Crippen LogP contribution in [0.1, 0.15) is 11.1 Å². The number of carbonyl (C=O) groups is 1. The summed E-state index contributed by atoms with van der Waals surface area (Å²) in [5.41, 5.74) is 2.16. The van der Waals surface area contributed by atoms with E-state index in [0.29, 0.717) is 11.6 Å². The number of halogens is 2. The van der Waals surface area contributed by atoms with Crippen molar-refractivity contribution in [1.29, 1.82) is 0 Å². The first-order valence-corrected chi connectivity index (χ1v) is 11.3. The highest BCUT2D eigenvalue weighted by molar-refractivity contribution is 7.92. The summed E-state index contributed by atoms with van der Waals surface area (Å²) in [5, 5.41) is 3.28. The van der Waals surface area contributed by atoms with Gasteiger partial charge in [0.1, 0.15) is 6.54 Å². The average molecular weight is 463 g/mol. The Labute approximate surface area is 186 Å². The summed E-state index contributed by atoms with van der Waals surface area (Å²) in [7, 11) is -4.03. The van der Waals surface area contributed by atoms with Gasteiger partial charge in [0.25, 0.3) is 10.0 Å². The number of hydrogen-bond acceptors (Lipinski definition) is 3. The van der Waals surface area contributed by atoms with Gasteiger partial charge in [-0.3, -0.25) is 9.10 Å². The van der Waals surface area contributed by atoms with Crippen molar-refractivity contribution in [2.24, 2.45) is 0 Å². The zero-order chi connectivity index (χ0) is 21.7. The first-order chi connectivity index (χ1) is 14.3.